The van der Waals surface area contributed by atoms with Gasteiger partial charge >= 0.3 is 0 Å². The quantitative estimate of drug-likeness (QED) is 0.161. The monoisotopic (exact) mass is 524 g/mol. The van der Waals surface area contributed by atoms with Crippen LogP contribution in [0.2, 0.25) is 25.7 Å². The van der Waals surface area contributed by atoms with Crippen LogP contribution in [0.3, 0.4) is 0 Å². The standard InChI is InChI=1S/C20H33IO6Si/c1-24-19-16(22)15(12-21)27-20(17(19)23)18(14-8-6-5-7-9-14)26-13-25-10-11-28(2,3)4/h5-9,15-20,22-23H,10-13H2,1-4H3/t15-,16-,17+,18-,19-,20+/m1/s1. The fraction of sp³-hybridized carbons (Fsp3) is 0.700. The Morgan fingerprint density at radius 3 is 2.39 bits per heavy atom. The van der Waals surface area contributed by atoms with Crippen molar-refractivity contribution in [2.45, 2.75) is 62.3 Å². The Bertz CT molecular complexity index is 570. The third kappa shape index (κ3) is 6.73. The molecule has 2 rings (SSSR count). The van der Waals surface area contributed by atoms with E-state index in [2.05, 4.69) is 42.2 Å². The van der Waals surface area contributed by atoms with Gasteiger partial charge in [-0.2, -0.15) is 0 Å². The second-order valence-electron chi connectivity index (χ2n) is 8.31. The first-order chi connectivity index (χ1) is 13.3. The van der Waals surface area contributed by atoms with E-state index in [1.54, 1.807) is 0 Å². The maximum atomic E-state index is 10.8. The lowest BCUT2D eigenvalue weighted by molar-refractivity contribution is -0.257. The van der Waals surface area contributed by atoms with E-state index < -0.39 is 44.7 Å². The molecule has 1 aliphatic rings. The zero-order valence-electron chi connectivity index (χ0n) is 17.1. The van der Waals surface area contributed by atoms with Crippen LogP contribution in [0.5, 0.6) is 0 Å². The molecule has 1 aliphatic heterocycles. The van der Waals surface area contributed by atoms with Gasteiger partial charge in [-0.05, 0) is 11.6 Å². The highest BCUT2D eigenvalue weighted by molar-refractivity contribution is 14.1. The fourth-order valence-electron chi connectivity index (χ4n) is 3.20. The van der Waals surface area contributed by atoms with E-state index >= 15 is 0 Å². The molecule has 1 fully saturated rings. The van der Waals surface area contributed by atoms with E-state index in [9.17, 15) is 10.2 Å². The molecule has 0 unspecified atom stereocenters. The van der Waals surface area contributed by atoms with Crippen LogP contribution in [-0.2, 0) is 18.9 Å². The molecule has 0 bridgehead atoms. The minimum Gasteiger partial charge on any atom is -0.388 e. The molecule has 0 aromatic heterocycles. The summed E-state index contributed by atoms with van der Waals surface area (Å²) in [5, 5.41) is 21.2. The summed E-state index contributed by atoms with van der Waals surface area (Å²) in [6.07, 6.45) is -4.29. The van der Waals surface area contributed by atoms with Crippen LogP contribution in [0.25, 0.3) is 0 Å². The van der Waals surface area contributed by atoms with Gasteiger partial charge in [-0.15, -0.1) is 0 Å². The third-order valence-corrected chi connectivity index (χ3v) is 7.47. The fourth-order valence-corrected chi connectivity index (χ4v) is 4.69. The first kappa shape index (κ1) is 24.2. The molecule has 1 saturated heterocycles. The predicted molar refractivity (Wildman–Crippen MR) is 120 cm³/mol. The Labute approximate surface area is 182 Å². The van der Waals surface area contributed by atoms with Crippen molar-refractivity contribution in [1.82, 2.24) is 0 Å². The number of benzene rings is 1. The molecule has 0 amide bonds. The van der Waals surface area contributed by atoms with Gasteiger partial charge in [0.05, 0.1) is 6.10 Å². The zero-order chi connectivity index (χ0) is 20.7. The minimum atomic E-state index is -1.17. The highest BCUT2D eigenvalue weighted by atomic mass is 127. The van der Waals surface area contributed by atoms with Crippen molar-refractivity contribution >= 4 is 30.7 Å². The third-order valence-electron chi connectivity index (χ3n) is 4.90. The normalized spacial score (nSPS) is 29.6. The molecule has 6 atom stereocenters. The molecule has 1 aromatic carbocycles. The number of aliphatic hydroxyl groups is 2. The summed E-state index contributed by atoms with van der Waals surface area (Å²) < 4.78 is 23.8. The number of halogens is 1. The number of hydrogen-bond donors (Lipinski definition) is 2. The Kier molecular flexibility index (Phi) is 9.81. The van der Waals surface area contributed by atoms with Crippen LogP contribution >= 0.6 is 22.6 Å². The smallest absolute Gasteiger partial charge is 0.147 e. The van der Waals surface area contributed by atoms with Crippen molar-refractivity contribution in [3.8, 4) is 0 Å². The Morgan fingerprint density at radius 1 is 1.14 bits per heavy atom. The van der Waals surface area contributed by atoms with Crippen molar-refractivity contribution in [2.24, 2.45) is 0 Å². The van der Waals surface area contributed by atoms with Gasteiger partial charge in [0.2, 0.25) is 0 Å². The number of ether oxygens (including phenoxy) is 4. The van der Waals surface area contributed by atoms with Crippen LogP contribution in [0.1, 0.15) is 11.7 Å². The van der Waals surface area contributed by atoms with E-state index in [-0.39, 0.29) is 6.79 Å². The number of rotatable bonds is 10. The van der Waals surface area contributed by atoms with Crippen LogP contribution in [0.15, 0.2) is 30.3 Å². The number of aliphatic hydroxyl groups excluding tert-OH is 2. The summed E-state index contributed by atoms with van der Waals surface area (Å²) in [4.78, 5) is 0. The summed E-state index contributed by atoms with van der Waals surface area (Å²) >= 11 is 2.17. The summed E-state index contributed by atoms with van der Waals surface area (Å²) in [7, 11) is 0.320. The molecule has 160 valence electrons. The van der Waals surface area contributed by atoms with Gasteiger partial charge in [-0.1, -0.05) is 72.6 Å². The predicted octanol–water partition coefficient (Wildman–Crippen LogP) is 3.00. The first-order valence-corrected chi connectivity index (χ1v) is 14.9. The largest absolute Gasteiger partial charge is 0.388 e. The summed E-state index contributed by atoms with van der Waals surface area (Å²) in [6.45, 7) is 7.68. The maximum absolute atomic E-state index is 10.8. The average Bonchev–Trinajstić information content (AvgIpc) is 2.66. The van der Waals surface area contributed by atoms with Crippen LogP contribution in [0, 0.1) is 0 Å². The number of methoxy groups -OCH3 is 1. The highest BCUT2D eigenvalue weighted by Crippen LogP contribution is 2.34. The lowest BCUT2D eigenvalue weighted by atomic mass is 9.90. The number of alkyl halides is 1. The van der Waals surface area contributed by atoms with Gasteiger partial charge in [-0.25, -0.2) is 0 Å². The summed E-state index contributed by atoms with van der Waals surface area (Å²) in [6, 6.07) is 10.7. The van der Waals surface area contributed by atoms with Crippen molar-refractivity contribution in [3.63, 3.8) is 0 Å². The van der Waals surface area contributed by atoms with Gasteiger partial charge in [0.25, 0.3) is 0 Å². The molecule has 0 aliphatic carbocycles. The Balaban J connectivity index is 2.12. The topological polar surface area (TPSA) is 77.4 Å². The van der Waals surface area contributed by atoms with Crippen molar-refractivity contribution in [2.75, 3.05) is 24.9 Å². The van der Waals surface area contributed by atoms with Crippen molar-refractivity contribution in [1.29, 1.82) is 0 Å². The lowest BCUT2D eigenvalue weighted by Gasteiger charge is -2.44. The molecule has 0 spiro atoms. The van der Waals surface area contributed by atoms with Crippen molar-refractivity contribution < 1.29 is 29.2 Å². The maximum Gasteiger partial charge on any atom is 0.147 e. The van der Waals surface area contributed by atoms with E-state index in [1.807, 2.05) is 30.3 Å². The van der Waals surface area contributed by atoms with Gasteiger partial charge in [0.1, 0.15) is 37.3 Å². The molecular weight excluding hydrogens is 491 g/mol. The second kappa shape index (κ2) is 11.4. The molecular formula is C20H33IO6Si. The van der Waals surface area contributed by atoms with Crippen LogP contribution in [-0.4, -0.2) is 73.7 Å². The minimum absolute atomic E-state index is 0.117. The Hall–Kier alpha value is -0.0731. The molecule has 2 N–H and O–H groups in total. The molecule has 1 heterocycles. The lowest BCUT2D eigenvalue weighted by Crippen LogP contribution is -2.60. The molecule has 0 saturated carbocycles. The molecule has 6 nitrogen and oxygen atoms in total. The summed E-state index contributed by atoms with van der Waals surface area (Å²) in [5.41, 5.74) is 0.888. The van der Waals surface area contributed by atoms with Gasteiger partial charge < -0.3 is 29.2 Å². The molecule has 1 aromatic rings. The van der Waals surface area contributed by atoms with E-state index in [0.29, 0.717) is 11.0 Å². The van der Waals surface area contributed by atoms with Crippen LogP contribution < -0.4 is 0 Å². The summed E-state index contributed by atoms with van der Waals surface area (Å²) in [5.74, 6) is 0. The molecule has 8 heteroatoms. The zero-order valence-corrected chi connectivity index (χ0v) is 20.2. The van der Waals surface area contributed by atoms with Gasteiger partial charge in [0, 0.05) is 26.2 Å². The number of hydrogen-bond acceptors (Lipinski definition) is 6. The van der Waals surface area contributed by atoms with Gasteiger partial charge in [0.15, 0.2) is 0 Å². The Morgan fingerprint density at radius 2 is 1.82 bits per heavy atom. The highest BCUT2D eigenvalue weighted by Gasteiger charge is 2.48. The second-order valence-corrected chi connectivity index (χ2v) is 14.8. The van der Waals surface area contributed by atoms with Gasteiger partial charge in [-0.3, -0.25) is 0 Å². The average molecular weight is 524 g/mol. The van der Waals surface area contributed by atoms with Crippen LogP contribution in [0.4, 0.5) is 0 Å². The van der Waals surface area contributed by atoms with E-state index in [0.717, 1.165) is 11.6 Å². The SMILES string of the molecule is CO[C@H]1[C@H](O)[C@@H]([C@H](OCOCC[Si](C)(C)C)c2ccccc2)O[C@H](CI)[C@H]1O. The first-order valence-electron chi connectivity index (χ1n) is 9.63. The van der Waals surface area contributed by atoms with E-state index in [4.69, 9.17) is 18.9 Å². The van der Waals surface area contributed by atoms with Crippen molar-refractivity contribution in [3.05, 3.63) is 35.9 Å². The van der Waals surface area contributed by atoms with E-state index in [1.165, 1.54) is 7.11 Å². The molecule has 28 heavy (non-hydrogen) atoms. The molecule has 0 radical (unpaired) electrons.